The van der Waals surface area contributed by atoms with Crippen LogP contribution in [0.15, 0.2) is 24.3 Å². The number of anilines is 1. The van der Waals surface area contributed by atoms with Crippen molar-refractivity contribution in [2.24, 2.45) is 11.8 Å². The second-order valence-corrected chi connectivity index (χ2v) is 6.97. The molecule has 1 atom stereocenters. The molecule has 1 aliphatic carbocycles. The van der Waals surface area contributed by atoms with E-state index < -0.39 is 0 Å². The molecular formula is C20H29N3O3. The van der Waals surface area contributed by atoms with Crippen LogP contribution in [0.3, 0.4) is 0 Å². The minimum atomic E-state index is -0.217. The van der Waals surface area contributed by atoms with Crippen LogP contribution in [0.25, 0.3) is 0 Å². The molecule has 0 aliphatic heterocycles. The van der Waals surface area contributed by atoms with Crippen LogP contribution in [0.1, 0.15) is 51.5 Å². The van der Waals surface area contributed by atoms with E-state index in [0.717, 1.165) is 43.4 Å². The van der Waals surface area contributed by atoms with Crippen LogP contribution < -0.4 is 16.0 Å². The molecule has 0 heterocycles. The summed E-state index contributed by atoms with van der Waals surface area (Å²) < 4.78 is 0. The first-order valence-corrected chi connectivity index (χ1v) is 9.43. The van der Waals surface area contributed by atoms with Gasteiger partial charge in [-0.05, 0) is 37.0 Å². The normalized spacial score (nSPS) is 15.3. The molecule has 6 nitrogen and oxygen atoms in total. The maximum atomic E-state index is 12.0. The molecule has 1 saturated carbocycles. The first kappa shape index (κ1) is 19.9. The summed E-state index contributed by atoms with van der Waals surface area (Å²) in [4.78, 5) is 35.8. The standard InChI is InChI=1S/C20H29N3O3/c1-3-14(2)19(25)23-17-10-6-7-15(11-17)12-21-18(24)13-22-20(26)16-8-4-5-9-16/h6-7,10-11,14,16H,3-5,8-9,12-13H2,1-2H3,(H,21,24)(H,22,26)(H,23,25). The molecule has 0 radical (unpaired) electrons. The van der Waals surface area contributed by atoms with Gasteiger partial charge in [0.15, 0.2) is 0 Å². The van der Waals surface area contributed by atoms with Crippen LogP contribution in [0.4, 0.5) is 5.69 Å². The maximum Gasteiger partial charge on any atom is 0.239 e. The molecule has 2 rings (SSSR count). The Morgan fingerprint density at radius 3 is 2.58 bits per heavy atom. The lowest BCUT2D eigenvalue weighted by atomic mass is 10.1. The molecule has 142 valence electrons. The maximum absolute atomic E-state index is 12.0. The van der Waals surface area contributed by atoms with Crippen molar-refractivity contribution in [3.63, 3.8) is 0 Å². The lowest BCUT2D eigenvalue weighted by Crippen LogP contribution is -2.38. The van der Waals surface area contributed by atoms with E-state index in [1.54, 1.807) is 0 Å². The highest BCUT2D eigenvalue weighted by atomic mass is 16.2. The molecular weight excluding hydrogens is 330 g/mol. The largest absolute Gasteiger partial charge is 0.350 e. The van der Waals surface area contributed by atoms with Crippen LogP contribution >= 0.6 is 0 Å². The molecule has 0 aromatic heterocycles. The molecule has 1 aromatic carbocycles. The lowest BCUT2D eigenvalue weighted by Gasteiger charge is -2.12. The molecule has 0 spiro atoms. The number of benzene rings is 1. The fourth-order valence-corrected chi connectivity index (χ4v) is 2.97. The van der Waals surface area contributed by atoms with Crippen molar-refractivity contribution in [2.45, 2.75) is 52.5 Å². The summed E-state index contributed by atoms with van der Waals surface area (Å²) in [5.74, 6) is -0.225. The van der Waals surface area contributed by atoms with Gasteiger partial charge in [0.25, 0.3) is 0 Å². The quantitative estimate of drug-likeness (QED) is 0.667. The SMILES string of the molecule is CCC(C)C(=O)Nc1cccc(CNC(=O)CNC(=O)C2CCCC2)c1. The Hall–Kier alpha value is -2.37. The van der Waals surface area contributed by atoms with E-state index in [1.807, 2.05) is 38.1 Å². The average molecular weight is 359 g/mol. The molecule has 0 bridgehead atoms. The Morgan fingerprint density at radius 1 is 1.15 bits per heavy atom. The van der Waals surface area contributed by atoms with Gasteiger partial charge in [0.05, 0.1) is 6.54 Å². The number of rotatable bonds is 8. The molecule has 3 amide bonds. The van der Waals surface area contributed by atoms with Gasteiger partial charge in [-0.25, -0.2) is 0 Å². The highest BCUT2D eigenvalue weighted by molar-refractivity contribution is 5.92. The Morgan fingerprint density at radius 2 is 1.88 bits per heavy atom. The van der Waals surface area contributed by atoms with Gasteiger partial charge in [-0.2, -0.15) is 0 Å². The van der Waals surface area contributed by atoms with Crippen molar-refractivity contribution in [3.05, 3.63) is 29.8 Å². The fourth-order valence-electron chi connectivity index (χ4n) is 2.97. The summed E-state index contributed by atoms with van der Waals surface area (Å²) in [7, 11) is 0. The minimum absolute atomic E-state index is 0.000224. The smallest absolute Gasteiger partial charge is 0.239 e. The van der Waals surface area contributed by atoms with Crippen molar-refractivity contribution < 1.29 is 14.4 Å². The summed E-state index contributed by atoms with van der Waals surface area (Å²) in [6.07, 6.45) is 4.81. The highest BCUT2D eigenvalue weighted by Gasteiger charge is 2.22. The van der Waals surface area contributed by atoms with Gasteiger partial charge in [-0.1, -0.05) is 38.8 Å². The van der Waals surface area contributed by atoms with Crippen molar-refractivity contribution in [1.29, 1.82) is 0 Å². The van der Waals surface area contributed by atoms with E-state index in [4.69, 9.17) is 0 Å². The molecule has 1 fully saturated rings. The van der Waals surface area contributed by atoms with E-state index in [1.165, 1.54) is 0 Å². The number of hydrogen-bond acceptors (Lipinski definition) is 3. The Bertz CT molecular complexity index is 639. The average Bonchev–Trinajstić information content (AvgIpc) is 3.18. The molecule has 6 heteroatoms. The fraction of sp³-hybridized carbons (Fsp3) is 0.550. The zero-order valence-corrected chi connectivity index (χ0v) is 15.6. The van der Waals surface area contributed by atoms with Crippen molar-refractivity contribution >= 4 is 23.4 Å². The minimum Gasteiger partial charge on any atom is -0.350 e. The zero-order valence-electron chi connectivity index (χ0n) is 15.6. The predicted octanol–water partition coefficient (Wildman–Crippen LogP) is 2.59. The number of carbonyl (C=O) groups is 3. The number of amides is 3. The van der Waals surface area contributed by atoms with Crippen LogP contribution in [0.5, 0.6) is 0 Å². The highest BCUT2D eigenvalue weighted by Crippen LogP contribution is 2.24. The third-order valence-corrected chi connectivity index (χ3v) is 4.89. The zero-order chi connectivity index (χ0) is 18.9. The van der Waals surface area contributed by atoms with E-state index in [9.17, 15) is 14.4 Å². The first-order valence-electron chi connectivity index (χ1n) is 9.43. The van der Waals surface area contributed by atoms with E-state index >= 15 is 0 Å². The second kappa shape index (κ2) is 9.94. The molecule has 1 aliphatic rings. The molecule has 1 unspecified atom stereocenters. The first-order chi connectivity index (χ1) is 12.5. The van der Waals surface area contributed by atoms with Gasteiger partial charge in [0.2, 0.25) is 17.7 Å². The van der Waals surface area contributed by atoms with Gasteiger partial charge in [0, 0.05) is 24.1 Å². The van der Waals surface area contributed by atoms with Gasteiger partial charge >= 0.3 is 0 Å². The topological polar surface area (TPSA) is 87.3 Å². The predicted molar refractivity (Wildman–Crippen MR) is 101 cm³/mol. The molecule has 0 saturated heterocycles. The van der Waals surface area contributed by atoms with Crippen LogP contribution in [-0.2, 0) is 20.9 Å². The number of carbonyl (C=O) groups excluding carboxylic acids is 3. The molecule has 26 heavy (non-hydrogen) atoms. The summed E-state index contributed by atoms with van der Waals surface area (Å²) in [6, 6.07) is 7.40. The summed E-state index contributed by atoms with van der Waals surface area (Å²) in [6.45, 7) is 4.21. The van der Waals surface area contributed by atoms with E-state index in [2.05, 4.69) is 16.0 Å². The Kier molecular flexibility index (Phi) is 7.63. The van der Waals surface area contributed by atoms with Crippen LogP contribution in [-0.4, -0.2) is 24.3 Å². The van der Waals surface area contributed by atoms with Crippen LogP contribution in [0, 0.1) is 11.8 Å². The third-order valence-electron chi connectivity index (χ3n) is 4.89. The van der Waals surface area contributed by atoms with E-state index in [-0.39, 0.29) is 36.1 Å². The van der Waals surface area contributed by atoms with Gasteiger partial charge in [-0.3, -0.25) is 14.4 Å². The van der Waals surface area contributed by atoms with E-state index in [0.29, 0.717) is 6.54 Å². The van der Waals surface area contributed by atoms with Gasteiger partial charge < -0.3 is 16.0 Å². The number of nitrogens with one attached hydrogen (secondary N) is 3. The molecule has 1 aromatic rings. The summed E-state index contributed by atoms with van der Waals surface area (Å²) in [5.41, 5.74) is 1.61. The summed E-state index contributed by atoms with van der Waals surface area (Å²) >= 11 is 0. The Balaban J connectivity index is 1.76. The van der Waals surface area contributed by atoms with Gasteiger partial charge in [0.1, 0.15) is 0 Å². The Labute approximate surface area is 155 Å². The second-order valence-electron chi connectivity index (χ2n) is 6.97. The van der Waals surface area contributed by atoms with Crippen molar-refractivity contribution in [1.82, 2.24) is 10.6 Å². The summed E-state index contributed by atoms with van der Waals surface area (Å²) in [5, 5.41) is 8.39. The van der Waals surface area contributed by atoms with Crippen LogP contribution in [0.2, 0.25) is 0 Å². The van der Waals surface area contributed by atoms with Crippen molar-refractivity contribution in [2.75, 3.05) is 11.9 Å². The monoisotopic (exact) mass is 359 g/mol. The number of hydrogen-bond donors (Lipinski definition) is 3. The van der Waals surface area contributed by atoms with Gasteiger partial charge in [-0.15, -0.1) is 0 Å². The molecule has 3 N–H and O–H groups in total. The van der Waals surface area contributed by atoms with Crippen molar-refractivity contribution in [3.8, 4) is 0 Å². The third kappa shape index (κ3) is 6.17. The lowest BCUT2D eigenvalue weighted by molar-refractivity contribution is -0.128.